The molecule has 4 aliphatic heterocycles. The first-order valence-electron chi connectivity index (χ1n) is 21.6. The molecule has 0 spiro atoms. The first-order chi connectivity index (χ1) is 30.1. The molecule has 3 saturated heterocycles. The molecule has 3 fully saturated rings. The molecule has 1 N–H and O–H groups in total. The third kappa shape index (κ3) is 9.00. The van der Waals surface area contributed by atoms with Crippen molar-refractivity contribution in [1.29, 1.82) is 10.5 Å². The van der Waals surface area contributed by atoms with Gasteiger partial charge in [-0.3, -0.25) is 34.3 Å². The molecule has 5 heterocycles. The van der Waals surface area contributed by atoms with Gasteiger partial charge in [-0.05, 0) is 106 Å². The molecule has 8 rings (SSSR count). The molecule has 3 aromatic carbocycles. The number of nitriles is 2. The Bertz CT molecular complexity index is 2410. The number of carbonyl (C=O) groups is 4. The van der Waals surface area contributed by atoms with Crippen molar-refractivity contribution in [1.82, 2.24) is 24.6 Å². The number of benzene rings is 3. The number of nitrogens with zero attached hydrogens (tertiary/aromatic N) is 7. The number of hydrogen-bond acceptors (Lipinski definition) is 11. The van der Waals surface area contributed by atoms with E-state index < -0.39 is 23.8 Å². The van der Waals surface area contributed by atoms with Crippen LogP contribution < -0.4 is 15.0 Å². The minimum atomic E-state index is -0.965. The van der Waals surface area contributed by atoms with Gasteiger partial charge in [-0.1, -0.05) is 24.3 Å². The Labute approximate surface area is 362 Å². The predicted molar refractivity (Wildman–Crippen MR) is 232 cm³/mol. The molecule has 1 atom stereocenters. The van der Waals surface area contributed by atoms with E-state index in [0.717, 1.165) is 110 Å². The number of nitrogens with one attached hydrogen (secondary N) is 1. The van der Waals surface area contributed by atoms with Crippen LogP contribution in [-0.4, -0.2) is 121 Å². The van der Waals surface area contributed by atoms with E-state index in [-0.39, 0.29) is 18.7 Å². The highest BCUT2D eigenvalue weighted by molar-refractivity contribution is 6.23. The number of imide groups is 2. The third-order valence-corrected chi connectivity index (χ3v) is 12.9. The van der Waals surface area contributed by atoms with Crippen LogP contribution in [0.4, 0.5) is 5.69 Å². The standard InChI is InChI=1S/C48H52N8O6/c1-32-42(29-50)45(37-7-3-34(28-49)4-8-37)33(2)55(32)31-35-5-10-39(11-6-35)62-26-25-61-24-23-52-17-15-36(16-18-52)30-53-19-21-54(22-20-53)38-9-12-40-41(27-38)48(60)56(47(40)59)43-13-14-44(57)51-46(43)58/h3-12,27,36,43H,13-26,30-31H2,1-2H3,(H,51,57,58). The molecule has 320 valence electrons. The normalized spacial score (nSPS) is 18.7. The summed E-state index contributed by atoms with van der Waals surface area (Å²) in [6.07, 6.45) is 2.56. The van der Waals surface area contributed by atoms with Crippen LogP contribution in [-0.2, 0) is 20.9 Å². The molecule has 14 nitrogen and oxygen atoms in total. The van der Waals surface area contributed by atoms with E-state index in [1.807, 2.05) is 44.2 Å². The molecule has 4 aliphatic rings. The zero-order valence-corrected chi connectivity index (χ0v) is 35.4. The summed E-state index contributed by atoms with van der Waals surface area (Å²) in [5, 5.41) is 21.4. The largest absolute Gasteiger partial charge is 0.491 e. The monoisotopic (exact) mass is 836 g/mol. The van der Waals surface area contributed by atoms with Crippen LogP contribution in [0.2, 0.25) is 0 Å². The van der Waals surface area contributed by atoms with E-state index in [9.17, 15) is 29.7 Å². The lowest BCUT2D eigenvalue weighted by Gasteiger charge is -2.39. The second-order valence-corrected chi connectivity index (χ2v) is 16.7. The number of aromatic nitrogens is 1. The number of hydrogen-bond donors (Lipinski definition) is 1. The third-order valence-electron chi connectivity index (χ3n) is 12.9. The van der Waals surface area contributed by atoms with Crippen molar-refractivity contribution in [2.75, 3.05) is 77.1 Å². The molecule has 0 radical (unpaired) electrons. The molecule has 1 aromatic heterocycles. The predicted octanol–water partition coefficient (Wildman–Crippen LogP) is 4.89. The van der Waals surface area contributed by atoms with Crippen LogP contribution in [0, 0.1) is 42.4 Å². The Balaban J connectivity index is 0.709. The molecule has 4 amide bonds. The average Bonchev–Trinajstić information content (AvgIpc) is 3.68. The van der Waals surface area contributed by atoms with Crippen LogP contribution >= 0.6 is 0 Å². The van der Waals surface area contributed by atoms with Crippen molar-refractivity contribution < 1.29 is 28.7 Å². The maximum atomic E-state index is 13.3. The van der Waals surface area contributed by atoms with Crippen molar-refractivity contribution in [3.8, 4) is 29.0 Å². The molecule has 0 aliphatic carbocycles. The summed E-state index contributed by atoms with van der Waals surface area (Å²) in [5.74, 6) is -0.508. The van der Waals surface area contributed by atoms with Gasteiger partial charge in [0.1, 0.15) is 24.5 Å². The highest BCUT2D eigenvalue weighted by Crippen LogP contribution is 2.34. The number of rotatable bonds is 14. The Kier molecular flexibility index (Phi) is 12.8. The van der Waals surface area contributed by atoms with Crippen molar-refractivity contribution >= 4 is 29.3 Å². The summed E-state index contributed by atoms with van der Waals surface area (Å²) < 4.78 is 14.1. The lowest BCUT2D eigenvalue weighted by molar-refractivity contribution is -0.136. The fraction of sp³-hybridized carbons (Fsp3) is 0.417. The van der Waals surface area contributed by atoms with Gasteiger partial charge in [0.05, 0.1) is 41.5 Å². The van der Waals surface area contributed by atoms with Gasteiger partial charge in [0, 0.05) is 74.9 Å². The summed E-state index contributed by atoms with van der Waals surface area (Å²) in [5.41, 5.74) is 7.62. The van der Waals surface area contributed by atoms with Crippen LogP contribution in [0.15, 0.2) is 66.7 Å². The van der Waals surface area contributed by atoms with E-state index in [1.54, 1.807) is 24.3 Å². The zero-order chi connectivity index (χ0) is 43.3. The van der Waals surface area contributed by atoms with Gasteiger partial charge in [-0.15, -0.1) is 0 Å². The van der Waals surface area contributed by atoms with Gasteiger partial charge < -0.3 is 23.8 Å². The van der Waals surface area contributed by atoms with Crippen molar-refractivity contribution in [2.45, 2.75) is 52.1 Å². The van der Waals surface area contributed by atoms with Gasteiger partial charge in [0.25, 0.3) is 11.8 Å². The smallest absolute Gasteiger partial charge is 0.262 e. The number of anilines is 1. The van der Waals surface area contributed by atoms with E-state index in [4.69, 9.17) is 9.47 Å². The number of fused-ring (bicyclic) bond motifs is 1. The van der Waals surface area contributed by atoms with E-state index in [2.05, 4.69) is 48.9 Å². The highest BCUT2D eigenvalue weighted by atomic mass is 16.5. The molecular weight excluding hydrogens is 785 g/mol. The van der Waals surface area contributed by atoms with E-state index >= 15 is 0 Å². The van der Waals surface area contributed by atoms with E-state index in [0.29, 0.717) is 54.5 Å². The molecule has 1 unspecified atom stereocenters. The lowest BCUT2D eigenvalue weighted by atomic mass is 9.96. The number of ether oxygens (including phenoxy) is 2. The lowest BCUT2D eigenvalue weighted by Crippen LogP contribution is -2.54. The van der Waals surface area contributed by atoms with Crippen LogP contribution in [0.1, 0.15) is 74.5 Å². The van der Waals surface area contributed by atoms with Gasteiger partial charge in [0.15, 0.2) is 0 Å². The summed E-state index contributed by atoms with van der Waals surface area (Å²) in [6.45, 7) is 13.9. The van der Waals surface area contributed by atoms with Crippen LogP contribution in [0.25, 0.3) is 11.1 Å². The summed E-state index contributed by atoms with van der Waals surface area (Å²) in [6, 6.07) is 24.4. The Morgan fingerprint density at radius 3 is 2.16 bits per heavy atom. The van der Waals surface area contributed by atoms with Gasteiger partial charge >= 0.3 is 0 Å². The van der Waals surface area contributed by atoms with Crippen LogP contribution in [0.3, 0.4) is 0 Å². The minimum Gasteiger partial charge on any atom is -0.491 e. The molecule has 14 heteroatoms. The van der Waals surface area contributed by atoms with Gasteiger partial charge in [0.2, 0.25) is 11.8 Å². The molecule has 4 aromatic rings. The summed E-state index contributed by atoms with van der Waals surface area (Å²) >= 11 is 0. The van der Waals surface area contributed by atoms with Crippen LogP contribution in [0.5, 0.6) is 5.75 Å². The number of likely N-dealkylation sites (tertiary alicyclic amines) is 1. The fourth-order valence-electron chi connectivity index (χ4n) is 9.31. The second-order valence-electron chi connectivity index (χ2n) is 16.7. The fourth-order valence-corrected chi connectivity index (χ4v) is 9.31. The first-order valence-corrected chi connectivity index (χ1v) is 21.6. The number of piperidine rings is 2. The topological polar surface area (TPSA) is 164 Å². The number of carbonyl (C=O) groups excluding carboxylic acids is 4. The number of amides is 4. The minimum absolute atomic E-state index is 0.0975. The number of piperazine rings is 1. The molecule has 0 bridgehead atoms. The quantitative estimate of drug-likeness (QED) is 0.136. The molecule has 0 saturated carbocycles. The average molecular weight is 837 g/mol. The van der Waals surface area contributed by atoms with Crippen molar-refractivity contribution in [2.24, 2.45) is 5.92 Å². The first kappa shape index (κ1) is 42.4. The van der Waals surface area contributed by atoms with Gasteiger partial charge in [-0.25, -0.2) is 0 Å². The molecular formula is C48H52N8O6. The Morgan fingerprint density at radius 1 is 0.742 bits per heavy atom. The van der Waals surface area contributed by atoms with Crippen molar-refractivity contribution in [3.63, 3.8) is 0 Å². The Morgan fingerprint density at radius 2 is 1.47 bits per heavy atom. The SMILES string of the molecule is Cc1c(C#N)c(-c2ccc(C#N)cc2)c(C)n1Cc1ccc(OCCOCCN2CCC(CN3CCN(c4ccc5c(c4)C(=O)N(C4CCC(=O)NC4=O)C5=O)CC3)CC2)cc1. The highest BCUT2D eigenvalue weighted by Gasteiger charge is 2.45. The molecule has 62 heavy (non-hydrogen) atoms. The summed E-state index contributed by atoms with van der Waals surface area (Å²) in [7, 11) is 0. The zero-order valence-electron chi connectivity index (χ0n) is 35.4. The van der Waals surface area contributed by atoms with E-state index in [1.165, 1.54) is 0 Å². The maximum Gasteiger partial charge on any atom is 0.262 e. The maximum absolute atomic E-state index is 13.3. The summed E-state index contributed by atoms with van der Waals surface area (Å²) in [4.78, 5) is 58.8. The van der Waals surface area contributed by atoms with Crippen molar-refractivity contribution in [3.05, 3.63) is 106 Å². The van der Waals surface area contributed by atoms with Gasteiger partial charge in [-0.2, -0.15) is 10.5 Å². The Hall–Kier alpha value is -6.32. The second kappa shape index (κ2) is 18.7.